The normalized spacial score (nSPS) is 25.8. The van der Waals surface area contributed by atoms with Gasteiger partial charge in [0.15, 0.2) is 1.41 Å². The molecule has 1 fully saturated rings. The van der Waals surface area contributed by atoms with Crippen molar-refractivity contribution in [1.82, 2.24) is 15.5 Å². The van der Waals surface area contributed by atoms with Gasteiger partial charge in [0, 0.05) is 37.0 Å². The first-order valence-electron chi connectivity index (χ1n) is 11.5. The molecular formula is C22H18ClF2N3O4. The molecule has 0 radical (unpaired) electrons. The van der Waals surface area contributed by atoms with Crippen LogP contribution in [0.5, 0.6) is 0 Å². The van der Waals surface area contributed by atoms with E-state index in [9.17, 15) is 28.0 Å². The Morgan fingerprint density at radius 2 is 2.03 bits per heavy atom. The van der Waals surface area contributed by atoms with Crippen molar-refractivity contribution in [3.63, 3.8) is 0 Å². The zero-order chi connectivity index (χ0) is 26.6. The number of fused-ring (bicyclic) bond motifs is 1. The Morgan fingerprint density at radius 1 is 1.31 bits per heavy atom. The molecule has 2 heterocycles. The van der Waals surface area contributed by atoms with E-state index in [4.69, 9.17) is 17.1 Å². The molecule has 1 saturated heterocycles. The van der Waals surface area contributed by atoms with E-state index in [0.717, 1.165) is 29.2 Å². The fourth-order valence-electron chi connectivity index (χ4n) is 3.37. The van der Waals surface area contributed by atoms with E-state index in [2.05, 4.69) is 0 Å². The fourth-order valence-corrected chi connectivity index (χ4v) is 3.49. The van der Waals surface area contributed by atoms with Gasteiger partial charge in [0.1, 0.15) is 6.02 Å². The highest BCUT2D eigenvalue weighted by molar-refractivity contribution is 6.30. The second-order valence-corrected chi connectivity index (χ2v) is 7.56. The van der Waals surface area contributed by atoms with Crippen LogP contribution in [0.1, 0.15) is 44.0 Å². The van der Waals surface area contributed by atoms with Gasteiger partial charge in [0.2, 0.25) is 11.8 Å². The van der Waals surface area contributed by atoms with Crippen LogP contribution >= 0.6 is 11.6 Å². The van der Waals surface area contributed by atoms with Gasteiger partial charge in [-0.1, -0.05) is 35.9 Å². The van der Waals surface area contributed by atoms with Crippen molar-refractivity contribution < 1.29 is 33.5 Å². The molecule has 2 N–H and O–H groups in total. The van der Waals surface area contributed by atoms with Crippen LogP contribution in [-0.4, -0.2) is 34.5 Å². The lowest BCUT2D eigenvalue weighted by atomic mass is 10.0. The second-order valence-electron chi connectivity index (χ2n) is 7.12. The van der Waals surface area contributed by atoms with E-state index < -0.39 is 60.5 Å². The number of hydrogen-bond acceptors (Lipinski definition) is 4. The second kappa shape index (κ2) is 8.31. The van der Waals surface area contributed by atoms with Crippen LogP contribution in [0, 0.1) is 0 Å². The molecule has 2 aromatic carbocycles. The molecule has 0 saturated carbocycles. The Morgan fingerprint density at radius 3 is 2.72 bits per heavy atom. The summed E-state index contributed by atoms with van der Waals surface area (Å²) in [6.07, 6.45) is -2.01. The van der Waals surface area contributed by atoms with Gasteiger partial charge in [-0.2, -0.15) is 8.78 Å². The minimum Gasteiger partial charge on any atom is -0.346 e. The maximum Gasteiger partial charge on any atom is 0.349 e. The number of piperidine rings is 1. The smallest absolute Gasteiger partial charge is 0.346 e. The predicted octanol–water partition coefficient (Wildman–Crippen LogP) is 2.51. The van der Waals surface area contributed by atoms with Crippen LogP contribution in [0.2, 0.25) is 6.43 Å². The molecule has 0 bridgehead atoms. The largest absolute Gasteiger partial charge is 0.349 e. The predicted molar refractivity (Wildman–Crippen MR) is 110 cm³/mol. The summed E-state index contributed by atoms with van der Waals surface area (Å²) in [6, 6.07) is 5.50. The van der Waals surface area contributed by atoms with E-state index in [1.54, 1.807) is 0 Å². The summed E-state index contributed by atoms with van der Waals surface area (Å²) in [4.78, 5) is 50.0. The molecule has 2 aliphatic heterocycles. The summed E-state index contributed by atoms with van der Waals surface area (Å²) in [7, 11) is 0. The van der Waals surface area contributed by atoms with Crippen molar-refractivity contribution in [2.45, 2.75) is 37.8 Å². The van der Waals surface area contributed by atoms with Crippen LogP contribution in [0.4, 0.5) is 8.78 Å². The average molecular weight is 466 g/mol. The number of carbonyl (C=O) groups is 4. The van der Waals surface area contributed by atoms with E-state index in [1.807, 2.05) is 5.32 Å². The molecule has 7 nitrogen and oxygen atoms in total. The number of imide groups is 1. The number of benzene rings is 2. The first-order chi connectivity index (χ1) is 16.8. The van der Waals surface area contributed by atoms with Crippen molar-refractivity contribution in [2.75, 3.05) is 0 Å². The Kier molecular flexibility index (Phi) is 4.48. The number of nitrogens with one attached hydrogen (secondary N) is 2. The van der Waals surface area contributed by atoms with Crippen molar-refractivity contribution in [1.29, 1.82) is 0 Å². The molecule has 166 valence electrons. The number of alkyl halides is 2. The quantitative estimate of drug-likeness (QED) is 0.663. The molecule has 0 spiro atoms. The van der Waals surface area contributed by atoms with Crippen LogP contribution in [-0.2, 0) is 33.4 Å². The van der Waals surface area contributed by atoms with E-state index >= 15 is 0 Å². The zero-order valence-electron chi connectivity index (χ0n) is 20.3. The Bertz CT molecular complexity index is 1280. The van der Waals surface area contributed by atoms with Crippen LogP contribution in [0.25, 0.3) is 0 Å². The van der Waals surface area contributed by atoms with Crippen molar-refractivity contribution >= 4 is 35.2 Å². The van der Waals surface area contributed by atoms with E-state index in [-0.39, 0.29) is 33.6 Å². The number of amides is 4. The summed E-state index contributed by atoms with van der Waals surface area (Å²) in [5.41, 5.74) is -0.512. The number of rotatable bonds is 5. The van der Waals surface area contributed by atoms with Gasteiger partial charge in [-0.3, -0.25) is 24.5 Å². The summed E-state index contributed by atoms with van der Waals surface area (Å²) in [5, 5.41) is 1.95. The minimum atomic E-state index is -4.11. The molecule has 2 unspecified atom stereocenters. The van der Waals surface area contributed by atoms with Gasteiger partial charge < -0.3 is 10.2 Å². The van der Waals surface area contributed by atoms with Crippen LogP contribution < -0.4 is 10.6 Å². The Hall–Kier alpha value is -3.33. The highest BCUT2D eigenvalue weighted by atomic mass is 35.5. The molecule has 0 aliphatic carbocycles. The Labute approximate surface area is 192 Å². The third-order valence-electron chi connectivity index (χ3n) is 5.00. The van der Waals surface area contributed by atoms with Gasteiger partial charge in [-0.15, -0.1) is 0 Å². The number of halogens is 3. The standard InChI is InChI=1S/C22H18ClF2N3O4/c23-15-4-2-14(3-5-15)22(24,25)21(32)26-10-12-1-6-16-13(9-12)11-28(20(16)31)17-7-8-18(29)27-19(17)30/h1-6,9,17H,7-8,10-11H2,(H,26,32)(H,27,29,30)/t17-/m1/s1/i7D,10D,17D/hD/t7?,10?,17-. The van der Waals surface area contributed by atoms with Crippen molar-refractivity contribution in [3.8, 4) is 0 Å². The lowest BCUT2D eigenvalue weighted by molar-refractivity contribution is -0.147. The molecule has 2 aliphatic rings. The highest BCUT2D eigenvalue weighted by Crippen LogP contribution is 2.30. The monoisotopic (exact) mass is 465 g/mol. The maximum absolute atomic E-state index is 14.7. The summed E-state index contributed by atoms with van der Waals surface area (Å²) in [6.45, 7) is -2.23. The van der Waals surface area contributed by atoms with Gasteiger partial charge in [-0.05, 0) is 35.7 Å². The molecule has 4 rings (SSSR count). The van der Waals surface area contributed by atoms with E-state index in [1.165, 1.54) is 18.2 Å². The highest BCUT2D eigenvalue weighted by Gasteiger charge is 2.41. The SMILES string of the molecule is [2H]C(c1ccc2c(c1)CN([C@@]1([2H])C(=O)NC(=O)CC1[2H])C2=O)N([2H])C(=O)C(F)(F)c1ccc(Cl)cc1. The number of carbonyl (C=O) groups excluding carboxylic acids is 4. The molecular weight excluding hydrogens is 444 g/mol. The summed E-state index contributed by atoms with van der Waals surface area (Å²) >= 11 is 5.69. The van der Waals surface area contributed by atoms with Crippen LogP contribution in [0.15, 0.2) is 42.5 Å². The first kappa shape index (κ1) is 17.3. The molecule has 2 aromatic rings. The fraction of sp³-hybridized carbons (Fsp3) is 0.273. The van der Waals surface area contributed by atoms with Crippen molar-refractivity contribution in [3.05, 3.63) is 69.7 Å². The molecule has 32 heavy (non-hydrogen) atoms. The third kappa shape index (κ3) is 4.08. The summed E-state index contributed by atoms with van der Waals surface area (Å²) in [5.74, 6) is -8.67. The van der Waals surface area contributed by atoms with Gasteiger partial charge in [-0.25, -0.2) is 0 Å². The van der Waals surface area contributed by atoms with Gasteiger partial charge in [0.05, 0.1) is 2.74 Å². The molecule has 10 heteroatoms. The third-order valence-corrected chi connectivity index (χ3v) is 5.25. The molecule has 4 amide bonds. The lowest BCUT2D eigenvalue weighted by Gasteiger charge is -2.29. The number of hydrogen-bond donors (Lipinski definition) is 2. The van der Waals surface area contributed by atoms with Crippen LogP contribution in [0.3, 0.4) is 0 Å². The molecule has 3 atom stereocenters. The zero-order valence-corrected chi connectivity index (χ0v) is 17.0. The lowest BCUT2D eigenvalue weighted by Crippen LogP contribution is -2.52. The number of nitrogens with zero attached hydrogens (tertiary/aromatic N) is 1. The molecule has 0 aromatic heterocycles. The van der Waals surface area contributed by atoms with E-state index in [0.29, 0.717) is 0 Å². The minimum absolute atomic E-state index is 0.0452. The maximum atomic E-state index is 14.7. The summed E-state index contributed by atoms with van der Waals surface area (Å²) < 4.78 is 62.0. The van der Waals surface area contributed by atoms with Gasteiger partial charge in [0.25, 0.3) is 11.8 Å². The topological polar surface area (TPSA) is 95.6 Å². The Balaban J connectivity index is 1.57. The first-order valence-corrected chi connectivity index (χ1v) is 9.76. The average Bonchev–Trinajstić information content (AvgIpc) is 3.17. The van der Waals surface area contributed by atoms with Gasteiger partial charge >= 0.3 is 5.92 Å². The van der Waals surface area contributed by atoms with Crippen molar-refractivity contribution in [2.24, 2.45) is 0 Å².